The van der Waals surface area contributed by atoms with E-state index in [0.717, 1.165) is 39.3 Å². The van der Waals surface area contributed by atoms with E-state index < -0.39 is 0 Å². The number of rotatable bonds is 9. The van der Waals surface area contributed by atoms with Crippen molar-refractivity contribution in [1.29, 1.82) is 0 Å². The number of aryl methyl sites for hydroxylation is 1. The third kappa shape index (κ3) is 5.61. The van der Waals surface area contributed by atoms with Crippen molar-refractivity contribution in [2.45, 2.75) is 13.3 Å². The van der Waals surface area contributed by atoms with Crippen LogP contribution in [0.5, 0.6) is 0 Å². The van der Waals surface area contributed by atoms with E-state index in [2.05, 4.69) is 23.7 Å². The van der Waals surface area contributed by atoms with Gasteiger partial charge in [0.15, 0.2) is 0 Å². The van der Waals surface area contributed by atoms with Crippen molar-refractivity contribution in [3.8, 4) is 0 Å². The van der Waals surface area contributed by atoms with Crippen molar-refractivity contribution in [1.82, 2.24) is 5.32 Å². The summed E-state index contributed by atoms with van der Waals surface area (Å²) in [7, 11) is 1.71. The Kier molecular flexibility index (Phi) is 7.42. The van der Waals surface area contributed by atoms with Gasteiger partial charge < -0.3 is 14.8 Å². The molecule has 1 heterocycles. The van der Waals surface area contributed by atoms with Crippen molar-refractivity contribution >= 4 is 11.3 Å². The molecule has 16 heavy (non-hydrogen) atoms. The molecular weight excluding hydrogens is 222 g/mol. The maximum absolute atomic E-state index is 5.55. The van der Waals surface area contributed by atoms with Gasteiger partial charge in [0.25, 0.3) is 0 Å². The Hall–Kier alpha value is -0.420. The summed E-state index contributed by atoms with van der Waals surface area (Å²) in [6.45, 7) is 6.28. The second-order valence-corrected chi connectivity index (χ2v) is 4.63. The monoisotopic (exact) mass is 243 g/mol. The molecule has 0 saturated heterocycles. The van der Waals surface area contributed by atoms with E-state index in [0.29, 0.717) is 0 Å². The van der Waals surface area contributed by atoms with Gasteiger partial charge in [-0.1, -0.05) is 0 Å². The van der Waals surface area contributed by atoms with E-state index in [1.807, 2.05) is 11.3 Å². The smallest absolute Gasteiger partial charge is 0.0591 e. The minimum absolute atomic E-state index is 0.758. The van der Waals surface area contributed by atoms with Crippen LogP contribution in [0.4, 0.5) is 0 Å². The van der Waals surface area contributed by atoms with Gasteiger partial charge in [0, 0.05) is 31.5 Å². The zero-order valence-corrected chi connectivity index (χ0v) is 10.9. The number of methoxy groups -OCH3 is 1. The lowest BCUT2D eigenvalue weighted by molar-refractivity contribution is 0.135. The number of hydrogen-bond donors (Lipinski definition) is 1. The lowest BCUT2D eigenvalue weighted by Gasteiger charge is -2.05. The van der Waals surface area contributed by atoms with Gasteiger partial charge in [0.2, 0.25) is 0 Å². The van der Waals surface area contributed by atoms with Crippen LogP contribution < -0.4 is 5.32 Å². The molecule has 92 valence electrons. The summed E-state index contributed by atoms with van der Waals surface area (Å²) >= 11 is 1.81. The third-order valence-corrected chi connectivity index (χ3v) is 3.43. The molecule has 0 aromatic carbocycles. The van der Waals surface area contributed by atoms with Gasteiger partial charge in [-0.3, -0.25) is 0 Å². The highest BCUT2D eigenvalue weighted by molar-refractivity contribution is 7.10. The molecule has 0 atom stereocenters. The molecule has 0 aliphatic carbocycles. The van der Waals surface area contributed by atoms with E-state index in [9.17, 15) is 0 Å². The molecule has 0 bridgehead atoms. The SMILES string of the molecule is COCCNCCOCCc1sccc1C. The lowest BCUT2D eigenvalue weighted by atomic mass is 10.2. The number of nitrogens with one attached hydrogen (secondary N) is 1. The molecule has 0 aliphatic rings. The summed E-state index contributed by atoms with van der Waals surface area (Å²) in [6.07, 6.45) is 1.03. The largest absolute Gasteiger partial charge is 0.383 e. The second kappa shape index (κ2) is 8.70. The van der Waals surface area contributed by atoms with Crippen LogP contribution in [0.1, 0.15) is 10.4 Å². The van der Waals surface area contributed by atoms with Gasteiger partial charge in [0.05, 0.1) is 19.8 Å². The van der Waals surface area contributed by atoms with Crippen molar-refractivity contribution in [2.24, 2.45) is 0 Å². The highest BCUT2D eigenvalue weighted by Gasteiger charge is 1.98. The van der Waals surface area contributed by atoms with Crippen molar-refractivity contribution in [3.05, 3.63) is 21.9 Å². The zero-order valence-electron chi connectivity index (χ0n) is 10.1. The summed E-state index contributed by atoms with van der Waals surface area (Å²) < 4.78 is 10.5. The molecular formula is C12H21NO2S. The first kappa shape index (κ1) is 13.6. The zero-order chi connectivity index (χ0) is 11.6. The normalized spacial score (nSPS) is 10.9. The average Bonchev–Trinajstić information content (AvgIpc) is 2.68. The van der Waals surface area contributed by atoms with Crippen LogP contribution in [-0.2, 0) is 15.9 Å². The van der Waals surface area contributed by atoms with Gasteiger partial charge in [-0.05, 0) is 23.9 Å². The Morgan fingerprint density at radius 1 is 1.25 bits per heavy atom. The minimum Gasteiger partial charge on any atom is -0.383 e. The fourth-order valence-corrected chi connectivity index (χ4v) is 2.26. The van der Waals surface area contributed by atoms with Crippen LogP contribution in [0, 0.1) is 6.92 Å². The minimum atomic E-state index is 0.758. The molecule has 1 aromatic rings. The topological polar surface area (TPSA) is 30.5 Å². The van der Waals surface area contributed by atoms with E-state index in [-0.39, 0.29) is 0 Å². The molecule has 4 heteroatoms. The molecule has 0 saturated carbocycles. The standard InChI is InChI=1S/C12H21NO2S/c1-11-4-10-16-12(11)3-7-15-9-6-13-5-8-14-2/h4,10,13H,3,5-9H2,1-2H3. The van der Waals surface area contributed by atoms with Crippen LogP contribution >= 0.6 is 11.3 Å². The van der Waals surface area contributed by atoms with Crippen LogP contribution in [0.15, 0.2) is 11.4 Å². The summed E-state index contributed by atoms with van der Waals surface area (Å²) in [5, 5.41) is 5.38. The molecule has 0 unspecified atom stereocenters. The van der Waals surface area contributed by atoms with Gasteiger partial charge in [-0.25, -0.2) is 0 Å². The highest BCUT2D eigenvalue weighted by atomic mass is 32.1. The fraction of sp³-hybridized carbons (Fsp3) is 0.667. The molecule has 0 fully saturated rings. The summed E-state index contributed by atoms with van der Waals surface area (Å²) in [5.74, 6) is 0. The average molecular weight is 243 g/mol. The first-order chi connectivity index (χ1) is 7.84. The van der Waals surface area contributed by atoms with Gasteiger partial charge in [0.1, 0.15) is 0 Å². The van der Waals surface area contributed by atoms with Crippen LogP contribution in [-0.4, -0.2) is 40.0 Å². The Balaban J connectivity index is 1.91. The van der Waals surface area contributed by atoms with Crippen LogP contribution in [0.3, 0.4) is 0 Å². The van der Waals surface area contributed by atoms with Gasteiger partial charge in [-0.15, -0.1) is 11.3 Å². The predicted molar refractivity (Wildman–Crippen MR) is 68.3 cm³/mol. The van der Waals surface area contributed by atoms with Crippen LogP contribution in [0.25, 0.3) is 0 Å². The van der Waals surface area contributed by atoms with Gasteiger partial charge >= 0.3 is 0 Å². The Morgan fingerprint density at radius 2 is 2.06 bits per heavy atom. The van der Waals surface area contributed by atoms with E-state index in [1.165, 1.54) is 10.4 Å². The molecule has 1 N–H and O–H groups in total. The molecule has 0 amide bonds. The van der Waals surface area contributed by atoms with Crippen molar-refractivity contribution in [2.75, 3.05) is 40.0 Å². The quantitative estimate of drug-likeness (QED) is 0.671. The molecule has 0 radical (unpaired) electrons. The Bertz CT molecular complexity index is 276. The second-order valence-electron chi connectivity index (χ2n) is 3.63. The van der Waals surface area contributed by atoms with E-state index in [4.69, 9.17) is 9.47 Å². The number of ether oxygens (including phenoxy) is 2. The summed E-state index contributed by atoms with van der Waals surface area (Å²) in [5.41, 5.74) is 1.38. The molecule has 0 spiro atoms. The van der Waals surface area contributed by atoms with Gasteiger partial charge in [-0.2, -0.15) is 0 Å². The summed E-state index contributed by atoms with van der Waals surface area (Å²) in [6, 6.07) is 2.16. The van der Waals surface area contributed by atoms with Crippen molar-refractivity contribution in [3.63, 3.8) is 0 Å². The maximum atomic E-state index is 5.55. The van der Waals surface area contributed by atoms with E-state index in [1.54, 1.807) is 7.11 Å². The Labute approximate surface area is 102 Å². The fourth-order valence-electron chi connectivity index (χ4n) is 1.37. The van der Waals surface area contributed by atoms with E-state index >= 15 is 0 Å². The van der Waals surface area contributed by atoms with Crippen molar-refractivity contribution < 1.29 is 9.47 Å². The molecule has 3 nitrogen and oxygen atoms in total. The maximum Gasteiger partial charge on any atom is 0.0591 e. The lowest BCUT2D eigenvalue weighted by Crippen LogP contribution is -2.23. The third-order valence-electron chi connectivity index (χ3n) is 2.35. The summed E-state index contributed by atoms with van der Waals surface area (Å²) in [4.78, 5) is 1.44. The Morgan fingerprint density at radius 3 is 2.75 bits per heavy atom. The van der Waals surface area contributed by atoms with Crippen LogP contribution in [0.2, 0.25) is 0 Å². The predicted octanol–water partition coefficient (Wildman–Crippen LogP) is 1.85. The molecule has 0 aliphatic heterocycles. The first-order valence-electron chi connectivity index (χ1n) is 5.65. The molecule has 1 rings (SSSR count). The first-order valence-corrected chi connectivity index (χ1v) is 6.53. The highest BCUT2D eigenvalue weighted by Crippen LogP contribution is 2.15. The number of hydrogen-bond acceptors (Lipinski definition) is 4. The molecule has 1 aromatic heterocycles. The number of thiophene rings is 1.